The average molecular weight is 222 g/mol. The summed E-state index contributed by atoms with van der Waals surface area (Å²) in [5.74, 6) is 1.57. The summed E-state index contributed by atoms with van der Waals surface area (Å²) < 4.78 is 5.40. The van der Waals surface area contributed by atoms with E-state index in [1.807, 2.05) is 12.1 Å². The molecule has 0 atom stereocenters. The molecule has 3 nitrogen and oxygen atoms in total. The van der Waals surface area contributed by atoms with Crippen LogP contribution in [-0.4, -0.2) is 18.9 Å². The van der Waals surface area contributed by atoms with Crippen molar-refractivity contribution in [3.63, 3.8) is 0 Å². The Hall–Kier alpha value is -1.18. The molecule has 0 unspecified atom stereocenters. The minimum atomic E-state index is 0.439. The highest BCUT2D eigenvalue weighted by molar-refractivity contribution is 7.99. The summed E-state index contributed by atoms with van der Waals surface area (Å²) >= 11 is 1.64. The van der Waals surface area contributed by atoms with Crippen molar-refractivity contribution in [3.8, 4) is 11.8 Å². The van der Waals surface area contributed by atoms with Gasteiger partial charge in [-0.15, -0.1) is 11.8 Å². The van der Waals surface area contributed by atoms with Gasteiger partial charge in [-0.1, -0.05) is 13.0 Å². The average Bonchev–Trinajstić information content (AvgIpc) is 2.27. The van der Waals surface area contributed by atoms with E-state index in [2.05, 4.69) is 13.0 Å². The first-order valence-corrected chi connectivity index (χ1v) is 5.80. The van der Waals surface area contributed by atoms with Gasteiger partial charge in [0.1, 0.15) is 24.0 Å². The molecule has 80 valence electrons. The summed E-state index contributed by atoms with van der Waals surface area (Å²) in [7, 11) is 0. The Bertz CT molecular complexity index is 360. The molecular weight excluding hydrogens is 208 g/mol. The highest BCUT2D eigenvalue weighted by Gasteiger charge is 2.08. The van der Waals surface area contributed by atoms with Gasteiger partial charge >= 0.3 is 0 Å². The molecule has 0 aliphatic rings. The van der Waals surface area contributed by atoms with E-state index < -0.39 is 0 Å². The van der Waals surface area contributed by atoms with Gasteiger partial charge < -0.3 is 10.5 Å². The fourth-order valence-electron chi connectivity index (χ4n) is 1.19. The van der Waals surface area contributed by atoms with E-state index in [1.54, 1.807) is 17.8 Å². The standard InChI is InChI=1S/C11H14N2OS/c1-2-15-11-5-3-4-10(9(11)8-13)14-7-6-12/h3-5H,2,6-7,12H2,1H3. The van der Waals surface area contributed by atoms with Crippen molar-refractivity contribution in [2.24, 2.45) is 5.73 Å². The zero-order chi connectivity index (χ0) is 11.1. The lowest BCUT2D eigenvalue weighted by molar-refractivity contribution is 0.326. The van der Waals surface area contributed by atoms with Crippen molar-refractivity contribution in [3.05, 3.63) is 23.8 Å². The van der Waals surface area contributed by atoms with Crippen molar-refractivity contribution in [2.75, 3.05) is 18.9 Å². The molecular formula is C11H14N2OS. The summed E-state index contributed by atoms with van der Waals surface area (Å²) in [5.41, 5.74) is 5.96. The van der Waals surface area contributed by atoms with Gasteiger partial charge in [0, 0.05) is 11.4 Å². The molecule has 1 aromatic rings. The minimum absolute atomic E-state index is 0.439. The number of rotatable bonds is 5. The Labute approximate surface area is 94.2 Å². The second kappa shape index (κ2) is 6.33. The first-order chi connectivity index (χ1) is 7.33. The van der Waals surface area contributed by atoms with Gasteiger partial charge in [0.15, 0.2) is 0 Å². The number of benzene rings is 1. The highest BCUT2D eigenvalue weighted by atomic mass is 32.2. The summed E-state index contributed by atoms with van der Waals surface area (Å²) in [6, 6.07) is 7.80. The fraction of sp³-hybridized carbons (Fsp3) is 0.364. The van der Waals surface area contributed by atoms with E-state index >= 15 is 0 Å². The fourth-order valence-corrected chi connectivity index (χ4v) is 1.96. The van der Waals surface area contributed by atoms with E-state index in [0.717, 1.165) is 10.6 Å². The van der Waals surface area contributed by atoms with Crippen molar-refractivity contribution in [2.45, 2.75) is 11.8 Å². The SMILES string of the molecule is CCSc1cccc(OCCN)c1C#N. The van der Waals surface area contributed by atoms with Crippen LogP contribution in [0.15, 0.2) is 23.1 Å². The molecule has 4 heteroatoms. The van der Waals surface area contributed by atoms with Crippen LogP contribution in [0.4, 0.5) is 0 Å². The van der Waals surface area contributed by atoms with Gasteiger partial charge in [0.05, 0.1) is 0 Å². The minimum Gasteiger partial charge on any atom is -0.491 e. The maximum Gasteiger partial charge on any atom is 0.138 e. The molecule has 0 spiro atoms. The molecule has 0 saturated carbocycles. The lowest BCUT2D eigenvalue weighted by Crippen LogP contribution is -2.11. The van der Waals surface area contributed by atoms with Crippen LogP contribution >= 0.6 is 11.8 Å². The number of nitriles is 1. The van der Waals surface area contributed by atoms with E-state index in [0.29, 0.717) is 24.5 Å². The molecule has 0 aromatic heterocycles. The van der Waals surface area contributed by atoms with Crippen LogP contribution < -0.4 is 10.5 Å². The van der Waals surface area contributed by atoms with E-state index in [4.69, 9.17) is 15.7 Å². The number of hydrogen-bond donors (Lipinski definition) is 1. The molecule has 1 aromatic carbocycles. The maximum atomic E-state index is 9.05. The van der Waals surface area contributed by atoms with Gasteiger partial charge in [-0.25, -0.2) is 0 Å². The molecule has 2 N–H and O–H groups in total. The topological polar surface area (TPSA) is 59.0 Å². The first kappa shape index (κ1) is 11.9. The van der Waals surface area contributed by atoms with Crippen LogP contribution in [0, 0.1) is 11.3 Å². The molecule has 0 aliphatic heterocycles. The highest BCUT2D eigenvalue weighted by Crippen LogP contribution is 2.29. The van der Waals surface area contributed by atoms with Crippen LogP contribution in [-0.2, 0) is 0 Å². The van der Waals surface area contributed by atoms with Gasteiger partial charge in [0.2, 0.25) is 0 Å². The van der Waals surface area contributed by atoms with Gasteiger partial charge in [-0.3, -0.25) is 0 Å². The van der Waals surface area contributed by atoms with Crippen LogP contribution in [0.25, 0.3) is 0 Å². The molecule has 0 radical (unpaired) electrons. The molecule has 1 rings (SSSR count). The first-order valence-electron chi connectivity index (χ1n) is 4.82. The summed E-state index contributed by atoms with van der Waals surface area (Å²) in [6.07, 6.45) is 0. The molecule has 15 heavy (non-hydrogen) atoms. The summed E-state index contributed by atoms with van der Waals surface area (Å²) in [4.78, 5) is 0.967. The third kappa shape index (κ3) is 3.15. The zero-order valence-corrected chi connectivity index (χ0v) is 9.51. The number of nitrogens with zero attached hydrogens (tertiary/aromatic N) is 1. The molecule has 0 bridgehead atoms. The van der Waals surface area contributed by atoms with Crippen LogP contribution in [0.5, 0.6) is 5.75 Å². The Balaban J connectivity index is 2.95. The Morgan fingerprint density at radius 1 is 1.53 bits per heavy atom. The van der Waals surface area contributed by atoms with Crippen molar-refractivity contribution >= 4 is 11.8 Å². The van der Waals surface area contributed by atoms with Crippen LogP contribution in [0.3, 0.4) is 0 Å². The van der Waals surface area contributed by atoms with Crippen LogP contribution in [0.2, 0.25) is 0 Å². The quantitative estimate of drug-likeness (QED) is 0.774. The normalized spacial score (nSPS) is 9.67. The Morgan fingerprint density at radius 3 is 2.93 bits per heavy atom. The maximum absolute atomic E-state index is 9.05. The lowest BCUT2D eigenvalue weighted by Gasteiger charge is -2.09. The third-order valence-corrected chi connectivity index (χ3v) is 2.71. The van der Waals surface area contributed by atoms with Gasteiger partial charge in [-0.2, -0.15) is 5.26 Å². The van der Waals surface area contributed by atoms with E-state index in [-0.39, 0.29) is 0 Å². The number of thioether (sulfide) groups is 1. The molecule has 0 amide bonds. The van der Waals surface area contributed by atoms with Crippen LogP contribution in [0.1, 0.15) is 12.5 Å². The molecule has 0 heterocycles. The monoisotopic (exact) mass is 222 g/mol. The Morgan fingerprint density at radius 2 is 2.33 bits per heavy atom. The molecule has 0 fully saturated rings. The third-order valence-electron chi connectivity index (χ3n) is 1.78. The van der Waals surface area contributed by atoms with Crippen molar-refractivity contribution in [1.29, 1.82) is 5.26 Å². The lowest BCUT2D eigenvalue weighted by atomic mass is 10.2. The van der Waals surface area contributed by atoms with Gasteiger partial charge in [0.25, 0.3) is 0 Å². The number of hydrogen-bond acceptors (Lipinski definition) is 4. The largest absolute Gasteiger partial charge is 0.491 e. The van der Waals surface area contributed by atoms with Crippen molar-refractivity contribution < 1.29 is 4.74 Å². The zero-order valence-electron chi connectivity index (χ0n) is 8.69. The summed E-state index contributed by atoms with van der Waals surface area (Å²) in [5, 5.41) is 9.05. The van der Waals surface area contributed by atoms with Crippen molar-refractivity contribution in [1.82, 2.24) is 0 Å². The summed E-state index contributed by atoms with van der Waals surface area (Å²) in [6.45, 7) is 2.95. The second-order valence-corrected chi connectivity index (χ2v) is 4.12. The predicted octanol–water partition coefficient (Wildman–Crippen LogP) is 2.01. The molecule has 0 aliphatic carbocycles. The van der Waals surface area contributed by atoms with E-state index in [9.17, 15) is 0 Å². The second-order valence-electron chi connectivity index (χ2n) is 2.81. The smallest absolute Gasteiger partial charge is 0.138 e. The number of nitrogens with two attached hydrogens (primary N) is 1. The van der Waals surface area contributed by atoms with Gasteiger partial charge in [-0.05, 0) is 17.9 Å². The predicted molar refractivity (Wildman–Crippen MR) is 62.1 cm³/mol. The molecule has 0 saturated heterocycles. The Kier molecular flexibility index (Phi) is 5.02. The number of ether oxygens (including phenoxy) is 1. The van der Waals surface area contributed by atoms with E-state index in [1.165, 1.54) is 0 Å².